The number of aryl methyl sites for hydroxylation is 1. The van der Waals surface area contributed by atoms with Crippen molar-refractivity contribution in [3.8, 4) is 0 Å². The van der Waals surface area contributed by atoms with E-state index in [0.717, 1.165) is 0 Å². The van der Waals surface area contributed by atoms with E-state index in [-0.39, 0.29) is 5.91 Å². The SMILES string of the molecule is Cn1cc(C(=O)NI)cn1. The van der Waals surface area contributed by atoms with Crippen molar-refractivity contribution in [3.63, 3.8) is 0 Å². The van der Waals surface area contributed by atoms with Crippen molar-refractivity contribution < 1.29 is 4.79 Å². The minimum atomic E-state index is -0.117. The number of nitrogens with one attached hydrogen (secondary N) is 1. The predicted molar refractivity (Wildman–Crippen MR) is 44.7 cm³/mol. The molecule has 10 heavy (non-hydrogen) atoms. The summed E-state index contributed by atoms with van der Waals surface area (Å²) in [6.45, 7) is 0. The summed E-state index contributed by atoms with van der Waals surface area (Å²) < 4.78 is 4.06. The van der Waals surface area contributed by atoms with Gasteiger partial charge in [0.25, 0.3) is 5.91 Å². The Hall–Kier alpha value is -0.590. The van der Waals surface area contributed by atoms with Crippen LogP contribution in [0.15, 0.2) is 12.4 Å². The molecule has 0 spiro atoms. The number of aromatic nitrogens is 2. The zero-order valence-electron chi connectivity index (χ0n) is 5.34. The van der Waals surface area contributed by atoms with Gasteiger partial charge in [0.15, 0.2) is 0 Å². The average Bonchev–Trinajstić information content (AvgIpc) is 2.34. The van der Waals surface area contributed by atoms with Crippen molar-refractivity contribution in [1.82, 2.24) is 13.3 Å². The maximum atomic E-state index is 10.9. The minimum Gasteiger partial charge on any atom is -0.295 e. The lowest BCUT2D eigenvalue weighted by atomic mass is 10.4. The Morgan fingerprint density at radius 1 is 1.90 bits per heavy atom. The van der Waals surface area contributed by atoms with Gasteiger partial charge in [-0.15, -0.1) is 0 Å². The lowest BCUT2D eigenvalue weighted by molar-refractivity contribution is 0.0989. The van der Waals surface area contributed by atoms with Crippen LogP contribution in [0.4, 0.5) is 0 Å². The van der Waals surface area contributed by atoms with Crippen LogP contribution in [0.2, 0.25) is 0 Å². The van der Waals surface area contributed by atoms with Crippen molar-refractivity contribution >= 4 is 28.8 Å². The van der Waals surface area contributed by atoms with Crippen molar-refractivity contribution in [2.45, 2.75) is 0 Å². The topological polar surface area (TPSA) is 46.9 Å². The van der Waals surface area contributed by atoms with Gasteiger partial charge in [0.2, 0.25) is 0 Å². The number of carbonyl (C=O) groups is 1. The molecule has 1 amide bonds. The Morgan fingerprint density at radius 3 is 3.00 bits per heavy atom. The molecule has 0 bridgehead atoms. The Bertz CT molecular complexity index is 245. The van der Waals surface area contributed by atoms with E-state index in [1.165, 1.54) is 6.20 Å². The fourth-order valence-corrected chi connectivity index (χ4v) is 0.904. The first-order chi connectivity index (χ1) is 4.74. The van der Waals surface area contributed by atoms with Gasteiger partial charge in [-0.1, -0.05) is 0 Å². The molecule has 0 atom stereocenters. The van der Waals surface area contributed by atoms with E-state index in [1.54, 1.807) is 40.8 Å². The third kappa shape index (κ3) is 1.47. The number of amides is 1. The molecule has 0 radical (unpaired) electrons. The Balaban J connectivity index is 2.85. The molecule has 0 unspecified atom stereocenters. The van der Waals surface area contributed by atoms with Gasteiger partial charge >= 0.3 is 0 Å². The first-order valence-electron chi connectivity index (χ1n) is 2.63. The summed E-state index contributed by atoms with van der Waals surface area (Å²) in [7, 11) is 1.77. The summed E-state index contributed by atoms with van der Waals surface area (Å²) in [5.74, 6) is -0.117. The zero-order chi connectivity index (χ0) is 7.56. The van der Waals surface area contributed by atoms with E-state index in [1.807, 2.05) is 0 Å². The minimum absolute atomic E-state index is 0.117. The maximum absolute atomic E-state index is 10.9. The van der Waals surface area contributed by atoms with Crippen LogP contribution in [0.3, 0.4) is 0 Å². The molecule has 0 aliphatic rings. The molecular formula is C5H6IN3O. The van der Waals surface area contributed by atoms with Gasteiger partial charge in [-0.05, 0) is 0 Å². The standard InChI is InChI=1S/C5H6IN3O/c1-9-3-4(2-7-9)5(10)8-6/h2-3H,1H3,(H,8,10). The highest BCUT2D eigenvalue weighted by Gasteiger charge is 2.03. The lowest BCUT2D eigenvalue weighted by Crippen LogP contribution is -2.10. The molecule has 0 aliphatic heterocycles. The number of carbonyl (C=O) groups excluding carboxylic acids is 1. The highest BCUT2D eigenvalue weighted by molar-refractivity contribution is 14.1. The van der Waals surface area contributed by atoms with E-state index in [0.29, 0.717) is 5.56 Å². The third-order valence-electron chi connectivity index (χ3n) is 1.05. The normalized spacial score (nSPS) is 9.40. The molecule has 54 valence electrons. The molecule has 0 saturated carbocycles. The highest BCUT2D eigenvalue weighted by Crippen LogP contribution is 1.95. The summed E-state index contributed by atoms with van der Waals surface area (Å²) in [6, 6.07) is 0. The fraction of sp³-hybridized carbons (Fsp3) is 0.200. The molecule has 5 heteroatoms. The Kier molecular flexibility index (Phi) is 2.25. The maximum Gasteiger partial charge on any atom is 0.263 e. The second kappa shape index (κ2) is 3.00. The van der Waals surface area contributed by atoms with Crippen molar-refractivity contribution in [1.29, 1.82) is 0 Å². The Labute approximate surface area is 72.1 Å². The van der Waals surface area contributed by atoms with Crippen molar-refractivity contribution in [3.05, 3.63) is 18.0 Å². The molecule has 1 aromatic rings. The van der Waals surface area contributed by atoms with Crippen LogP contribution in [-0.4, -0.2) is 15.7 Å². The zero-order valence-corrected chi connectivity index (χ0v) is 7.49. The largest absolute Gasteiger partial charge is 0.295 e. The van der Waals surface area contributed by atoms with Gasteiger partial charge in [-0.2, -0.15) is 5.10 Å². The monoisotopic (exact) mass is 251 g/mol. The quantitative estimate of drug-likeness (QED) is 0.583. The first kappa shape index (κ1) is 7.52. The molecule has 4 nitrogen and oxygen atoms in total. The molecule has 1 rings (SSSR count). The lowest BCUT2D eigenvalue weighted by Gasteiger charge is -1.88. The number of halogens is 1. The fourth-order valence-electron chi connectivity index (χ4n) is 0.593. The van der Waals surface area contributed by atoms with Gasteiger partial charge in [0, 0.05) is 13.2 Å². The molecule has 0 aliphatic carbocycles. The van der Waals surface area contributed by atoms with Crippen LogP contribution in [-0.2, 0) is 7.05 Å². The van der Waals surface area contributed by atoms with E-state index in [4.69, 9.17) is 0 Å². The number of hydrogen-bond donors (Lipinski definition) is 1. The molecule has 1 N–H and O–H groups in total. The predicted octanol–water partition coefficient (Wildman–Crippen LogP) is 0.500. The summed E-state index contributed by atoms with van der Waals surface area (Å²) in [5.41, 5.74) is 0.580. The molecule has 0 saturated heterocycles. The number of rotatable bonds is 1. The molecule has 1 aromatic heterocycles. The van der Waals surface area contributed by atoms with Gasteiger partial charge in [-0.25, -0.2) is 0 Å². The van der Waals surface area contributed by atoms with Gasteiger partial charge in [0.1, 0.15) is 0 Å². The van der Waals surface area contributed by atoms with Gasteiger partial charge in [0.05, 0.1) is 34.6 Å². The molecule has 0 fully saturated rings. The van der Waals surface area contributed by atoms with Crippen molar-refractivity contribution in [2.75, 3.05) is 0 Å². The third-order valence-corrected chi connectivity index (χ3v) is 1.54. The van der Waals surface area contributed by atoms with Crippen LogP contribution >= 0.6 is 22.9 Å². The summed E-state index contributed by atoms with van der Waals surface area (Å²) in [6.07, 6.45) is 3.18. The number of nitrogens with zero attached hydrogens (tertiary/aromatic N) is 2. The summed E-state index contributed by atoms with van der Waals surface area (Å²) in [5, 5.41) is 3.84. The highest BCUT2D eigenvalue weighted by atomic mass is 127. The van der Waals surface area contributed by atoms with E-state index in [2.05, 4.69) is 8.63 Å². The molecule has 1 heterocycles. The van der Waals surface area contributed by atoms with E-state index < -0.39 is 0 Å². The van der Waals surface area contributed by atoms with Crippen molar-refractivity contribution in [2.24, 2.45) is 7.05 Å². The smallest absolute Gasteiger partial charge is 0.263 e. The molecule has 0 aromatic carbocycles. The van der Waals surface area contributed by atoms with Crippen LogP contribution in [0.25, 0.3) is 0 Å². The average molecular weight is 251 g/mol. The second-order valence-corrected chi connectivity index (χ2v) is 2.37. The van der Waals surface area contributed by atoms with Crippen LogP contribution in [0.1, 0.15) is 10.4 Å². The molecular weight excluding hydrogens is 245 g/mol. The van der Waals surface area contributed by atoms with Gasteiger partial charge < -0.3 is 0 Å². The van der Waals surface area contributed by atoms with Crippen LogP contribution in [0.5, 0.6) is 0 Å². The number of hydrogen-bond acceptors (Lipinski definition) is 2. The summed E-state index contributed by atoms with van der Waals surface area (Å²) in [4.78, 5) is 10.9. The Morgan fingerprint density at radius 2 is 2.60 bits per heavy atom. The van der Waals surface area contributed by atoms with Crippen LogP contribution < -0.4 is 3.53 Å². The van der Waals surface area contributed by atoms with Crippen LogP contribution in [0, 0.1) is 0 Å². The summed E-state index contributed by atoms with van der Waals surface area (Å²) >= 11 is 1.79. The second-order valence-electron chi connectivity index (χ2n) is 1.83. The van der Waals surface area contributed by atoms with Gasteiger partial charge in [-0.3, -0.25) is 13.0 Å². The van der Waals surface area contributed by atoms with E-state index in [9.17, 15) is 4.79 Å². The van der Waals surface area contributed by atoms with E-state index >= 15 is 0 Å². The first-order valence-corrected chi connectivity index (χ1v) is 3.71.